The van der Waals surface area contributed by atoms with Crippen molar-refractivity contribution in [1.29, 1.82) is 0 Å². The monoisotopic (exact) mass is 307 g/mol. The fourth-order valence-electron chi connectivity index (χ4n) is 3.52. The Balaban J connectivity index is 2.18. The van der Waals surface area contributed by atoms with Crippen LogP contribution in [-0.4, -0.2) is 32.2 Å². The van der Waals surface area contributed by atoms with Crippen LogP contribution in [0.4, 0.5) is 0 Å². The highest BCUT2D eigenvalue weighted by Gasteiger charge is 2.47. The van der Waals surface area contributed by atoms with E-state index in [9.17, 15) is 8.42 Å². The van der Waals surface area contributed by atoms with Crippen molar-refractivity contribution in [2.75, 3.05) is 7.05 Å². The molecule has 0 radical (unpaired) electrons. The lowest BCUT2D eigenvalue weighted by molar-refractivity contribution is -0.174. The maximum Gasteiger partial charge on any atom is 0.202 e. The van der Waals surface area contributed by atoms with E-state index in [0.29, 0.717) is 16.2 Å². The summed E-state index contributed by atoms with van der Waals surface area (Å²) in [7, 11) is -1.55. The minimum absolute atomic E-state index is 0.0715. The molecule has 2 aliphatic rings. The van der Waals surface area contributed by atoms with E-state index in [2.05, 4.69) is 0 Å². The lowest BCUT2D eigenvalue weighted by Crippen LogP contribution is -2.30. The van der Waals surface area contributed by atoms with Crippen molar-refractivity contribution >= 4 is 9.84 Å². The van der Waals surface area contributed by atoms with E-state index in [4.69, 9.17) is 4.84 Å². The Morgan fingerprint density at radius 2 is 1.90 bits per heavy atom. The highest BCUT2D eigenvalue weighted by molar-refractivity contribution is 7.95. The average molecular weight is 307 g/mol. The number of rotatable bonds is 2. The second-order valence-electron chi connectivity index (χ2n) is 6.21. The largest absolute Gasteiger partial charge is 0.288 e. The number of fused-ring (bicyclic) bond motifs is 1. The van der Waals surface area contributed by atoms with Gasteiger partial charge in [0.25, 0.3) is 0 Å². The summed E-state index contributed by atoms with van der Waals surface area (Å²) >= 11 is 0. The second-order valence-corrected chi connectivity index (χ2v) is 8.18. The summed E-state index contributed by atoms with van der Waals surface area (Å²) in [6, 6.07) is 8.76. The van der Waals surface area contributed by atoms with E-state index >= 15 is 0 Å². The molecule has 114 valence electrons. The Hall–Kier alpha value is -1.17. The molecule has 1 aliphatic heterocycles. The van der Waals surface area contributed by atoms with Crippen molar-refractivity contribution < 1.29 is 13.3 Å². The topological polar surface area (TPSA) is 46.6 Å². The molecule has 21 heavy (non-hydrogen) atoms. The highest BCUT2D eigenvalue weighted by atomic mass is 32.2. The Morgan fingerprint density at radius 1 is 1.24 bits per heavy atom. The first-order valence-electron chi connectivity index (χ1n) is 7.29. The zero-order valence-electron chi connectivity index (χ0n) is 12.7. The van der Waals surface area contributed by atoms with Crippen LogP contribution in [-0.2, 0) is 14.7 Å². The SMILES string of the molecule is CN1OC(C)(C)C2=C(S(=O)(=O)c3ccccc3)CCCC21. The number of allylic oxidation sites excluding steroid dienone is 1. The van der Waals surface area contributed by atoms with Crippen LogP contribution in [0.1, 0.15) is 33.1 Å². The van der Waals surface area contributed by atoms with Crippen LogP contribution in [0.3, 0.4) is 0 Å². The first-order valence-corrected chi connectivity index (χ1v) is 8.78. The molecule has 1 saturated heterocycles. The number of hydrogen-bond donors (Lipinski definition) is 0. The maximum absolute atomic E-state index is 13.0. The van der Waals surface area contributed by atoms with Crippen LogP contribution in [0.5, 0.6) is 0 Å². The zero-order valence-corrected chi connectivity index (χ0v) is 13.5. The number of nitrogens with zero attached hydrogens (tertiary/aromatic N) is 1. The quantitative estimate of drug-likeness (QED) is 0.843. The zero-order chi connectivity index (χ0) is 15.3. The first kappa shape index (κ1) is 14.8. The molecule has 1 aromatic carbocycles. The van der Waals surface area contributed by atoms with Crippen molar-refractivity contribution in [3.63, 3.8) is 0 Å². The molecular weight excluding hydrogens is 286 g/mol. The van der Waals surface area contributed by atoms with Crippen molar-refractivity contribution in [3.05, 3.63) is 40.8 Å². The average Bonchev–Trinajstić information content (AvgIpc) is 2.70. The normalized spacial score (nSPS) is 26.0. The van der Waals surface area contributed by atoms with Gasteiger partial charge in [-0.2, -0.15) is 5.06 Å². The van der Waals surface area contributed by atoms with E-state index in [1.54, 1.807) is 24.3 Å². The fraction of sp³-hybridized carbons (Fsp3) is 0.500. The van der Waals surface area contributed by atoms with Crippen LogP contribution in [0.25, 0.3) is 0 Å². The smallest absolute Gasteiger partial charge is 0.202 e. The minimum atomic E-state index is -3.44. The molecule has 1 aliphatic carbocycles. The molecule has 0 spiro atoms. The predicted octanol–water partition coefficient (Wildman–Crippen LogP) is 2.92. The molecule has 1 fully saturated rings. The van der Waals surface area contributed by atoms with Crippen LogP contribution < -0.4 is 0 Å². The van der Waals surface area contributed by atoms with E-state index in [1.165, 1.54) is 0 Å². The number of sulfone groups is 1. The summed E-state index contributed by atoms with van der Waals surface area (Å²) < 4.78 is 26.0. The number of benzene rings is 1. The molecule has 4 nitrogen and oxygen atoms in total. The molecular formula is C16H21NO3S. The third-order valence-corrected chi connectivity index (χ3v) is 6.32. The van der Waals surface area contributed by atoms with Gasteiger partial charge in [-0.05, 0) is 50.8 Å². The molecule has 0 saturated carbocycles. The molecule has 1 unspecified atom stereocenters. The van der Waals surface area contributed by atoms with Gasteiger partial charge in [-0.3, -0.25) is 4.84 Å². The van der Waals surface area contributed by atoms with Gasteiger partial charge in [0.15, 0.2) is 0 Å². The van der Waals surface area contributed by atoms with E-state index in [0.717, 1.165) is 18.4 Å². The van der Waals surface area contributed by atoms with E-state index in [-0.39, 0.29) is 6.04 Å². The van der Waals surface area contributed by atoms with E-state index in [1.807, 2.05) is 32.0 Å². The molecule has 1 heterocycles. The second kappa shape index (κ2) is 4.93. The molecule has 0 N–H and O–H groups in total. The Kier molecular flexibility index (Phi) is 3.47. The molecule has 5 heteroatoms. The van der Waals surface area contributed by atoms with E-state index < -0.39 is 15.4 Å². The molecule has 0 amide bonds. The molecule has 1 atom stereocenters. The molecule has 0 aromatic heterocycles. The van der Waals surface area contributed by atoms with Gasteiger partial charge in [0.2, 0.25) is 9.84 Å². The minimum Gasteiger partial charge on any atom is -0.288 e. The summed E-state index contributed by atoms with van der Waals surface area (Å²) in [5, 5.41) is 1.81. The van der Waals surface area contributed by atoms with Gasteiger partial charge in [-0.1, -0.05) is 18.2 Å². The van der Waals surface area contributed by atoms with Gasteiger partial charge in [-0.25, -0.2) is 8.42 Å². The lowest BCUT2D eigenvalue weighted by atomic mass is 9.85. The molecule has 3 rings (SSSR count). The number of likely N-dealkylation sites (N-methyl/N-ethyl adjacent to an activating group) is 1. The summed E-state index contributed by atoms with van der Waals surface area (Å²) in [4.78, 5) is 6.80. The number of hydroxylamine groups is 2. The predicted molar refractivity (Wildman–Crippen MR) is 81.2 cm³/mol. The standard InChI is InChI=1S/C16H21NO3S/c1-16(2)15-13(17(3)20-16)10-7-11-14(15)21(18,19)12-8-5-4-6-9-12/h4-6,8-9,13H,7,10-11H2,1-3H3. The Bertz CT molecular complexity index is 677. The molecule has 1 aromatic rings. The molecule has 0 bridgehead atoms. The third kappa shape index (κ3) is 2.33. The first-order chi connectivity index (χ1) is 9.84. The van der Waals surface area contributed by atoms with Gasteiger partial charge in [0.05, 0.1) is 15.8 Å². The van der Waals surface area contributed by atoms with Crippen molar-refractivity contribution in [3.8, 4) is 0 Å². The van der Waals surface area contributed by atoms with Gasteiger partial charge in [-0.15, -0.1) is 0 Å². The fourth-order valence-corrected chi connectivity index (χ4v) is 5.40. The number of hydrogen-bond acceptors (Lipinski definition) is 4. The van der Waals surface area contributed by atoms with Crippen LogP contribution in [0.15, 0.2) is 45.7 Å². The Morgan fingerprint density at radius 3 is 2.57 bits per heavy atom. The van der Waals surface area contributed by atoms with Crippen molar-refractivity contribution in [2.24, 2.45) is 0 Å². The van der Waals surface area contributed by atoms with Gasteiger partial charge < -0.3 is 0 Å². The summed E-state index contributed by atoms with van der Waals surface area (Å²) in [5.41, 5.74) is 0.372. The van der Waals surface area contributed by atoms with Crippen molar-refractivity contribution in [1.82, 2.24) is 5.06 Å². The summed E-state index contributed by atoms with van der Waals surface area (Å²) in [6.07, 6.45) is 2.42. The third-order valence-electron chi connectivity index (χ3n) is 4.35. The summed E-state index contributed by atoms with van der Waals surface area (Å²) in [5.74, 6) is 0. The van der Waals surface area contributed by atoms with Crippen LogP contribution >= 0.6 is 0 Å². The maximum atomic E-state index is 13.0. The van der Waals surface area contributed by atoms with Crippen molar-refractivity contribution in [2.45, 2.75) is 49.6 Å². The Labute approximate surface area is 126 Å². The summed E-state index contributed by atoms with van der Waals surface area (Å²) in [6.45, 7) is 3.90. The lowest BCUT2D eigenvalue weighted by Gasteiger charge is -2.27. The van der Waals surface area contributed by atoms with Gasteiger partial charge in [0.1, 0.15) is 5.60 Å². The van der Waals surface area contributed by atoms with Gasteiger partial charge >= 0.3 is 0 Å². The van der Waals surface area contributed by atoms with Crippen LogP contribution in [0.2, 0.25) is 0 Å². The van der Waals surface area contributed by atoms with Crippen LogP contribution in [0, 0.1) is 0 Å². The van der Waals surface area contributed by atoms with Gasteiger partial charge in [0, 0.05) is 7.05 Å². The highest BCUT2D eigenvalue weighted by Crippen LogP contribution is 2.45.